The van der Waals surface area contributed by atoms with Gasteiger partial charge < -0.3 is 10.2 Å². The molecule has 0 radical (unpaired) electrons. The van der Waals surface area contributed by atoms with Gasteiger partial charge in [-0.3, -0.25) is 10.1 Å². The van der Waals surface area contributed by atoms with Crippen LogP contribution in [0.15, 0.2) is 18.2 Å². The van der Waals surface area contributed by atoms with Gasteiger partial charge in [0.2, 0.25) is 0 Å². The Labute approximate surface area is 117 Å². The molecule has 1 fully saturated rings. The molecule has 1 heterocycles. The minimum absolute atomic E-state index is 0.194. The highest BCUT2D eigenvalue weighted by atomic mass is 19.1. The zero-order valence-corrected chi connectivity index (χ0v) is 11.6. The molecule has 0 bridgehead atoms. The lowest BCUT2D eigenvalue weighted by Crippen LogP contribution is -2.38. The predicted molar refractivity (Wildman–Crippen MR) is 76.6 cm³/mol. The normalized spacial score (nSPS) is 18.2. The number of halogens is 1. The molecule has 0 amide bonds. The Morgan fingerprint density at radius 3 is 2.90 bits per heavy atom. The first-order valence-corrected chi connectivity index (χ1v) is 7.03. The Balaban J connectivity index is 2.20. The van der Waals surface area contributed by atoms with Crippen LogP contribution in [0, 0.1) is 15.9 Å². The molecule has 5 nitrogen and oxygen atoms in total. The Hall–Kier alpha value is -1.69. The van der Waals surface area contributed by atoms with Crippen molar-refractivity contribution in [2.75, 3.05) is 24.5 Å². The van der Waals surface area contributed by atoms with Gasteiger partial charge in [-0.15, -0.1) is 0 Å². The highest BCUT2D eigenvalue weighted by Gasteiger charge is 2.20. The van der Waals surface area contributed by atoms with Crippen molar-refractivity contribution in [2.24, 2.45) is 0 Å². The summed E-state index contributed by atoms with van der Waals surface area (Å²) in [4.78, 5) is 12.3. The zero-order valence-electron chi connectivity index (χ0n) is 11.6. The lowest BCUT2D eigenvalue weighted by molar-refractivity contribution is -0.385. The van der Waals surface area contributed by atoms with Crippen molar-refractivity contribution in [3.05, 3.63) is 34.1 Å². The van der Waals surface area contributed by atoms with Crippen molar-refractivity contribution in [1.29, 1.82) is 0 Å². The first-order valence-electron chi connectivity index (χ1n) is 7.03. The number of hydrogen-bond donors (Lipinski definition) is 1. The third kappa shape index (κ3) is 3.66. The maximum absolute atomic E-state index is 13.6. The molecule has 0 aromatic heterocycles. The molecular formula is C14H20FN3O2. The lowest BCUT2D eigenvalue weighted by Gasteiger charge is -2.27. The lowest BCUT2D eigenvalue weighted by atomic mass is 10.2. The maximum atomic E-state index is 13.6. The van der Waals surface area contributed by atoms with Crippen molar-refractivity contribution < 1.29 is 9.31 Å². The number of nitro benzene ring substituents is 1. The van der Waals surface area contributed by atoms with Crippen LogP contribution in [0.5, 0.6) is 0 Å². The van der Waals surface area contributed by atoms with Gasteiger partial charge in [-0.25, -0.2) is 4.39 Å². The Bertz CT molecular complexity index is 475. The van der Waals surface area contributed by atoms with Crippen LogP contribution < -0.4 is 10.2 Å². The molecule has 1 aromatic rings. The summed E-state index contributed by atoms with van der Waals surface area (Å²) >= 11 is 0. The smallest absolute Gasteiger partial charge is 0.274 e. The van der Waals surface area contributed by atoms with Gasteiger partial charge in [-0.2, -0.15) is 0 Å². The van der Waals surface area contributed by atoms with E-state index >= 15 is 0 Å². The van der Waals surface area contributed by atoms with Crippen LogP contribution in [0.2, 0.25) is 0 Å². The molecule has 0 spiro atoms. The minimum Gasteiger partial charge on any atom is -0.370 e. The first kappa shape index (κ1) is 14.7. The van der Waals surface area contributed by atoms with Crippen molar-refractivity contribution in [3.63, 3.8) is 0 Å². The van der Waals surface area contributed by atoms with E-state index in [4.69, 9.17) is 0 Å². The van der Waals surface area contributed by atoms with Gasteiger partial charge >= 0.3 is 0 Å². The molecule has 1 unspecified atom stereocenters. The van der Waals surface area contributed by atoms with Crippen molar-refractivity contribution >= 4 is 11.4 Å². The van der Waals surface area contributed by atoms with Gasteiger partial charge in [0.05, 0.1) is 11.0 Å². The molecule has 1 atom stereocenters. The first-order chi connectivity index (χ1) is 9.60. The van der Waals surface area contributed by atoms with Gasteiger partial charge in [0, 0.05) is 30.9 Å². The van der Waals surface area contributed by atoms with Gasteiger partial charge in [0.25, 0.3) is 5.69 Å². The summed E-state index contributed by atoms with van der Waals surface area (Å²) < 4.78 is 13.6. The number of nitrogens with zero attached hydrogens (tertiary/aromatic N) is 2. The molecule has 1 saturated heterocycles. The SMILES string of the molecule is CCCN(CC1CCCN1)c1cc(F)cc([N+](=O)[O-])c1. The molecule has 20 heavy (non-hydrogen) atoms. The molecule has 6 heteroatoms. The van der Waals surface area contributed by atoms with Crippen molar-refractivity contribution in [2.45, 2.75) is 32.2 Å². The Morgan fingerprint density at radius 1 is 1.50 bits per heavy atom. The second-order valence-electron chi connectivity index (χ2n) is 5.16. The molecule has 2 rings (SSSR count). The predicted octanol–water partition coefficient (Wildman–Crippen LogP) is 2.70. The summed E-state index contributed by atoms with van der Waals surface area (Å²) in [6.07, 6.45) is 3.16. The number of rotatable bonds is 6. The summed E-state index contributed by atoms with van der Waals surface area (Å²) in [6.45, 7) is 4.57. The topological polar surface area (TPSA) is 58.4 Å². The van der Waals surface area contributed by atoms with Gasteiger partial charge in [-0.05, 0) is 31.9 Å². The number of nitro groups is 1. The van der Waals surface area contributed by atoms with Crippen LogP contribution in [-0.4, -0.2) is 30.6 Å². The number of benzene rings is 1. The summed E-state index contributed by atoms with van der Waals surface area (Å²) in [5.41, 5.74) is 0.396. The number of nitrogens with one attached hydrogen (secondary N) is 1. The van der Waals surface area contributed by atoms with E-state index in [0.29, 0.717) is 11.7 Å². The van der Waals surface area contributed by atoms with Crippen LogP contribution in [-0.2, 0) is 0 Å². The number of hydrogen-bond acceptors (Lipinski definition) is 4. The Morgan fingerprint density at radius 2 is 2.30 bits per heavy atom. The van der Waals surface area contributed by atoms with Crippen LogP contribution in [0.3, 0.4) is 0 Å². The minimum atomic E-state index is -0.560. The summed E-state index contributed by atoms with van der Waals surface area (Å²) in [7, 11) is 0. The van der Waals surface area contributed by atoms with E-state index in [1.807, 2.05) is 11.8 Å². The van der Waals surface area contributed by atoms with Crippen molar-refractivity contribution in [1.82, 2.24) is 5.32 Å². The van der Waals surface area contributed by atoms with E-state index in [-0.39, 0.29) is 5.69 Å². The third-order valence-electron chi connectivity index (χ3n) is 3.54. The fourth-order valence-corrected chi connectivity index (χ4v) is 2.62. The highest BCUT2D eigenvalue weighted by Crippen LogP contribution is 2.24. The molecule has 0 saturated carbocycles. The molecule has 0 aliphatic carbocycles. The third-order valence-corrected chi connectivity index (χ3v) is 3.54. The average Bonchev–Trinajstić information content (AvgIpc) is 2.90. The monoisotopic (exact) mass is 281 g/mol. The standard InChI is InChI=1S/C14H20FN3O2/c1-2-6-17(10-12-4-3-5-16-12)13-7-11(15)8-14(9-13)18(19)20/h7-9,12,16H,2-6,10H2,1H3. The van der Waals surface area contributed by atoms with E-state index in [0.717, 1.165) is 45.0 Å². The van der Waals surface area contributed by atoms with Gasteiger partial charge in [0.1, 0.15) is 5.82 Å². The molecule has 110 valence electrons. The number of anilines is 1. The summed E-state index contributed by atoms with van der Waals surface area (Å²) in [5.74, 6) is -0.560. The van der Waals surface area contributed by atoms with Crippen LogP contribution >= 0.6 is 0 Å². The quantitative estimate of drug-likeness (QED) is 0.643. The fourth-order valence-electron chi connectivity index (χ4n) is 2.62. The fraction of sp³-hybridized carbons (Fsp3) is 0.571. The molecule has 1 aromatic carbocycles. The van der Waals surface area contributed by atoms with Crippen LogP contribution in [0.25, 0.3) is 0 Å². The van der Waals surface area contributed by atoms with Crippen molar-refractivity contribution in [3.8, 4) is 0 Å². The summed E-state index contributed by atoms with van der Waals surface area (Å²) in [5, 5.41) is 14.2. The largest absolute Gasteiger partial charge is 0.370 e. The van der Waals surface area contributed by atoms with E-state index in [1.54, 1.807) is 0 Å². The van der Waals surface area contributed by atoms with Gasteiger partial charge in [0.15, 0.2) is 0 Å². The van der Waals surface area contributed by atoms with E-state index < -0.39 is 10.7 Å². The molecular weight excluding hydrogens is 261 g/mol. The zero-order chi connectivity index (χ0) is 14.5. The second kappa shape index (κ2) is 6.65. The summed E-state index contributed by atoms with van der Waals surface area (Å²) in [6, 6.07) is 4.16. The molecule has 1 aliphatic rings. The van der Waals surface area contributed by atoms with Crippen LogP contribution in [0.4, 0.5) is 15.8 Å². The van der Waals surface area contributed by atoms with E-state index in [9.17, 15) is 14.5 Å². The highest BCUT2D eigenvalue weighted by molar-refractivity contribution is 5.53. The number of non-ortho nitro benzene ring substituents is 1. The molecule has 1 aliphatic heterocycles. The van der Waals surface area contributed by atoms with E-state index in [1.165, 1.54) is 12.1 Å². The average molecular weight is 281 g/mol. The second-order valence-corrected chi connectivity index (χ2v) is 5.16. The Kier molecular flexibility index (Phi) is 4.89. The van der Waals surface area contributed by atoms with Crippen LogP contribution in [0.1, 0.15) is 26.2 Å². The maximum Gasteiger partial charge on any atom is 0.274 e. The van der Waals surface area contributed by atoms with Gasteiger partial charge in [-0.1, -0.05) is 6.92 Å². The molecule has 1 N–H and O–H groups in total. The van der Waals surface area contributed by atoms with E-state index in [2.05, 4.69) is 5.32 Å².